The summed E-state index contributed by atoms with van der Waals surface area (Å²) >= 11 is 0. The summed E-state index contributed by atoms with van der Waals surface area (Å²) in [4.78, 5) is 29.0. The summed E-state index contributed by atoms with van der Waals surface area (Å²) in [5, 5.41) is 0. The number of hydrogen-bond donors (Lipinski definition) is 0. The molecule has 160 valence electrons. The van der Waals surface area contributed by atoms with Gasteiger partial charge in [-0.1, -0.05) is 48.5 Å². The van der Waals surface area contributed by atoms with Crippen LogP contribution >= 0.6 is 0 Å². The molecule has 0 aliphatic carbocycles. The molecule has 0 saturated carbocycles. The standard InChI is InChI=1S/C24H29NO5/c1-5-29-21(26)24(22(27)30-6-2)23(3,28-4)17-20(18-13-9-7-10-14-18)25(24)19-15-11-8-12-16-19/h7-16,20H,5-6,17H2,1-4H3/t20-,23+/m0/s1. The van der Waals surface area contributed by atoms with Crippen molar-refractivity contribution in [2.45, 2.75) is 44.4 Å². The van der Waals surface area contributed by atoms with Crippen LogP contribution in [0.5, 0.6) is 0 Å². The average Bonchev–Trinajstić information content (AvgIpc) is 3.06. The summed E-state index contributed by atoms with van der Waals surface area (Å²) in [7, 11) is 1.52. The Balaban J connectivity index is 2.33. The maximum atomic E-state index is 13.6. The maximum Gasteiger partial charge on any atom is 0.346 e. The number of ether oxygens (including phenoxy) is 3. The van der Waals surface area contributed by atoms with Gasteiger partial charge in [0.25, 0.3) is 5.54 Å². The predicted molar refractivity (Wildman–Crippen MR) is 114 cm³/mol. The second-order valence-corrected chi connectivity index (χ2v) is 7.42. The molecule has 6 heteroatoms. The van der Waals surface area contributed by atoms with Gasteiger partial charge in [0.2, 0.25) is 0 Å². The van der Waals surface area contributed by atoms with E-state index in [1.54, 1.807) is 20.8 Å². The molecule has 2 atom stereocenters. The second-order valence-electron chi connectivity index (χ2n) is 7.42. The van der Waals surface area contributed by atoms with Crippen LogP contribution in [0, 0.1) is 0 Å². The SMILES string of the molecule is CCOC(=O)C1(C(=O)OCC)N(c2ccccc2)[C@H](c2ccccc2)C[C@@]1(C)OC. The van der Waals surface area contributed by atoms with Crippen LogP contribution in [0.2, 0.25) is 0 Å². The molecule has 6 nitrogen and oxygen atoms in total. The Morgan fingerprint density at radius 1 is 0.933 bits per heavy atom. The fraction of sp³-hybridized carbons (Fsp3) is 0.417. The van der Waals surface area contributed by atoms with Gasteiger partial charge in [-0.15, -0.1) is 0 Å². The minimum atomic E-state index is -1.80. The van der Waals surface area contributed by atoms with Gasteiger partial charge < -0.3 is 19.1 Å². The second kappa shape index (κ2) is 8.88. The average molecular weight is 411 g/mol. The number of carbonyl (C=O) groups excluding carboxylic acids is 2. The summed E-state index contributed by atoms with van der Waals surface area (Å²) in [6.45, 7) is 5.49. The first-order valence-electron chi connectivity index (χ1n) is 10.2. The monoisotopic (exact) mass is 411 g/mol. The topological polar surface area (TPSA) is 65.1 Å². The molecule has 0 unspecified atom stereocenters. The highest BCUT2D eigenvalue weighted by Gasteiger charge is 2.72. The number of carbonyl (C=O) groups is 2. The van der Waals surface area contributed by atoms with Crippen LogP contribution < -0.4 is 4.90 Å². The molecule has 1 heterocycles. The van der Waals surface area contributed by atoms with Crippen molar-refractivity contribution in [2.75, 3.05) is 25.2 Å². The van der Waals surface area contributed by atoms with Gasteiger partial charge in [0.1, 0.15) is 5.60 Å². The van der Waals surface area contributed by atoms with Gasteiger partial charge >= 0.3 is 11.9 Å². The van der Waals surface area contributed by atoms with Gasteiger partial charge in [0.05, 0.1) is 19.3 Å². The van der Waals surface area contributed by atoms with Gasteiger partial charge in [0.15, 0.2) is 0 Å². The zero-order chi connectivity index (χ0) is 21.8. The molecule has 0 aromatic heterocycles. The Kier molecular flexibility index (Phi) is 6.46. The van der Waals surface area contributed by atoms with E-state index in [4.69, 9.17) is 14.2 Å². The molecule has 1 saturated heterocycles. The molecule has 0 bridgehead atoms. The van der Waals surface area contributed by atoms with Gasteiger partial charge in [-0.25, -0.2) is 9.59 Å². The third kappa shape index (κ3) is 3.35. The number of hydrogen-bond acceptors (Lipinski definition) is 6. The van der Waals surface area contributed by atoms with Crippen LogP contribution in [0.4, 0.5) is 5.69 Å². The number of para-hydroxylation sites is 1. The van der Waals surface area contributed by atoms with Crippen LogP contribution in [0.1, 0.15) is 38.8 Å². The third-order valence-electron chi connectivity index (χ3n) is 5.83. The first-order chi connectivity index (χ1) is 14.5. The van der Waals surface area contributed by atoms with Crippen molar-refractivity contribution in [2.24, 2.45) is 0 Å². The molecule has 30 heavy (non-hydrogen) atoms. The Hall–Kier alpha value is -2.86. The van der Waals surface area contributed by atoms with Crippen LogP contribution in [-0.2, 0) is 23.8 Å². The fourth-order valence-electron chi connectivity index (χ4n) is 4.41. The first-order valence-corrected chi connectivity index (χ1v) is 10.2. The van der Waals surface area contributed by atoms with Crippen LogP contribution in [0.25, 0.3) is 0 Å². The van der Waals surface area contributed by atoms with E-state index in [-0.39, 0.29) is 19.3 Å². The van der Waals surface area contributed by atoms with E-state index in [2.05, 4.69) is 0 Å². The van der Waals surface area contributed by atoms with Crippen LogP contribution in [-0.4, -0.2) is 43.4 Å². The fourth-order valence-corrected chi connectivity index (χ4v) is 4.41. The predicted octanol–water partition coefficient (Wildman–Crippen LogP) is 3.91. The van der Waals surface area contributed by atoms with Crippen molar-refractivity contribution in [3.63, 3.8) is 0 Å². The number of benzene rings is 2. The van der Waals surface area contributed by atoms with E-state index in [0.29, 0.717) is 12.1 Å². The van der Waals surface area contributed by atoms with Crippen molar-refractivity contribution in [3.8, 4) is 0 Å². The summed E-state index contributed by atoms with van der Waals surface area (Å²) < 4.78 is 16.8. The number of esters is 2. The van der Waals surface area contributed by atoms with Crippen molar-refractivity contribution >= 4 is 17.6 Å². The van der Waals surface area contributed by atoms with Gasteiger partial charge in [-0.3, -0.25) is 0 Å². The minimum absolute atomic E-state index is 0.137. The first kappa shape index (κ1) is 21.8. The van der Waals surface area contributed by atoms with Crippen LogP contribution in [0.3, 0.4) is 0 Å². The lowest BCUT2D eigenvalue weighted by atomic mass is 9.80. The minimum Gasteiger partial charge on any atom is -0.464 e. The Morgan fingerprint density at radius 2 is 1.43 bits per heavy atom. The van der Waals surface area contributed by atoms with E-state index in [9.17, 15) is 9.59 Å². The molecular formula is C24H29NO5. The Morgan fingerprint density at radius 3 is 1.90 bits per heavy atom. The van der Waals surface area contributed by atoms with E-state index >= 15 is 0 Å². The molecule has 0 radical (unpaired) electrons. The molecule has 1 fully saturated rings. The number of anilines is 1. The maximum absolute atomic E-state index is 13.6. The van der Waals surface area contributed by atoms with Crippen molar-refractivity contribution < 1.29 is 23.8 Å². The lowest BCUT2D eigenvalue weighted by molar-refractivity contribution is -0.177. The summed E-state index contributed by atoms with van der Waals surface area (Å²) in [6, 6.07) is 18.9. The summed E-state index contributed by atoms with van der Waals surface area (Å²) in [5.74, 6) is -1.34. The zero-order valence-corrected chi connectivity index (χ0v) is 18.0. The van der Waals surface area contributed by atoms with Crippen LogP contribution in [0.15, 0.2) is 60.7 Å². The summed E-state index contributed by atoms with van der Waals surface area (Å²) in [5.41, 5.74) is -1.29. The van der Waals surface area contributed by atoms with E-state index in [1.807, 2.05) is 65.6 Å². The van der Waals surface area contributed by atoms with Crippen molar-refractivity contribution in [1.82, 2.24) is 0 Å². The largest absolute Gasteiger partial charge is 0.464 e. The number of nitrogens with zero attached hydrogens (tertiary/aromatic N) is 1. The molecule has 2 aromatic rings. The molecule has 3 rings (SSSR count). The molecule has 0 N–H and O–H groups in total. The molecule has 2 aromatic carbocycles. The number of rotatable bonds is 7. The van der Waals surface area contributed by atoms with E-state index in [0.717, 1.165) is 5.56 Å². The normalized spacial score (nSPS) is 22.5. The zero-order valence-electron chi connectivity index (χ0n) is 18.0. The molecule has 1 aliphatic heterocycles. The van der Waals surface area contributed by atoms with Gasteiger partial charge in [-0.2, -0.15) is 0 Å². The molecule has 0 spiro atoms. The molecular weight excluding hydrogens is 382 g/mol. The smallest absolute Gasteiger partial charge is 0.346 e. The summed E-state index contributed by atoms with van der Waals surface area (Å²) in [6.07, 6.45) is 0.403. The lowest BCUT2D eigenvalue weighted by Gasteiger charge is -2.44. The third-order valence-corrected chi connectivity index (χ3v) is 5.83. The highest BCUT2D eigenvalue weighted by Crippen LogP contribution is 2.53. The van der Waals surface area contributed by atoms with Crippen molar-refractivity contribution in [1.29, 1.82) is 0 Å². The van der Waals surface area contributed by atoms with Gasteiger partial charge in [0, 0.05) is 19.2 Å². The van der Waals surface area contributed by atoms with Crippen molar-refractivity contribution in [3.05, 3.63) is 66.2 Å². The lowest BCUT2D eigenvalue weighted by Crippen LogP contribution is -2.69. The molecule has 0 amide bonds. The quantitative estimate of drug-likeness (QED) is 0.508. The van der Waals surface area contributed by atoms with Gasteiger partial charge in [-0.05, 0) is 38.5 Å². The Bertz CT molecular complexity index is 852. The molecule has 1 aliphatic rings. The highest BCUT2D eigenvalue weighted by molar-refractivity contribution is 6.11. The number of methoxy groups -OCH3 is 1. The Labute approximate surface area is 177 Å². The van der Waals surface area contributed by atoms with E-state index < -0.39 is 23.1 Å². The van der Waals surface area contributed by atoms with E-state index in [1.165, 1.54) is 7.11 Å². The highest BCUT2D eigenvalue weighted by atomic mass is 16.6.